The van der Waals surface area contributed by atoms with Gasteiger partial charge in [0.15, 0.2) is 0 Å². The summed E-state index contributed by atoms with van der Waals surface area (Å²) in [6.45, 7) is 2.28. The second-order valence-electron chi connectivity index (χ2n) is 2.14. The minimum atomic E-state index is 0. The molecule has 0 aromatic carbocycles. The molecule has 0 saturated heterocycles. The first kappa shape index (κ1) is 8.64. The zero-order chi connectivity index (χ0) is 4.41. The molecule has 36 valence electrons. The van der Waals surface area contributed by atoms with Gasteiger partial charge in [0.25, 0.3) is 0 Å². The molecule has 0 aromatic rings. The molecular weight excluding hydrogens is 111 g/mol. The van der Waals surface area contributed by atoms with E-state index in [2.05, 4.69) is 13.3 Å². The Hall–Kier alpha value is 1.64. The van der Waals surface area contributed by atoms with E-state index in [1.54, 1.807) is 0 Å². The topological polar surface area (TPSA) is 0 Å². The Morgan fingerprint density at radius 1 is 1.57 bits per heavy atom. The van der Waals surface area contributed by atoms with Crippen LogP contribution >= 0.6 is 0 Å². The van der Waals surface area contributed by atoms with Gasteiger partial charge in [0.1, 0.15) is 0 Å². The molecule has 1 rings (SSSR count). The van der Waals surface area contributed by atoms with Crippen LogP contribution in [0.5, 0.6) is 0 Å². The molecule has 1 heteroatoms. The van der Waals surface area contributed by atoms with E-state index < -0.39 is 0 Å². The van der Waals surface area contributed by atoms with E-state index in [4.69, 9.17) is 0 Å². The smallest absolute Gasteiger partial charge is 0.326 e. The summed E-state index contributed by atoms with van der Waals surface area (Å²) in [6, 6.07) is 0. The summed E-state index contributed by atoms with van der Waals surface area (Å²) < 4.78 is 0. The van der Waals surface area contributed by atoms with Gasteiger partial charge in [0.2, 0.25) is 0 Å². The third-order valence-corrected chi connectivity index (χ3v) is 1.43. The van der Waals surface area contributed by atoms with Crippen molar-refractivity contribution < 1.29 is 51.4 Å². The third-order valence-electron chi connectivity index (χ3n) is 1.43. The van der Waals surface area contributed by atoms with E-state index in [-0.39, 0.29) is 51.4 Å². The molecule has 0 amide bonds. The molecule has 0 spiro atoms. The number of hydrogen-bond acceptors (Lipinski definition) is 0. The van der Waals surface area contributed by atoms with Gasteiger partial charge in [0.05, 0.1) is 0 Å². The van der Waals surface area contributed by atoms with Crippen LogP contribution in [0.2, 0.25) is 0 Å². The van der Waals surface area contributed by atoms with Gasteiger partial charge in [-0.3, -0.25) is 0 Å². The van der Waals surface area contributed by atoms with Crippen molar-refractivity contribution in [1.29, 1.82) is 0 Å². The molecule has 0 aliphatic heterocycles. The molecule has 1 fully saturated rings. The number of hydrogen-bond donors (Lipinski definition) is 0. The van der Waals surface area contributed by atoms with Crippen LogP contribution in [0.4, 0.5) is 0 Å². The van der Waals surface area contributed by atoms with Gasteiger partial charge in [-0.05, 0) is 0 Å². The molecule has 1 aliphatic carbocycles. The zero-order valence-corrected chi connectivity index (χ0v) is 8.40. The molecule has 0 heterocycles. The molecule has 0 radical (unpaired) electrons. The molecule has 0 N–H and O–H groups in total. The first-order chi connectivity index (χ1) is 2.89. The van der Waals surface area contributed by atoms with E-state index in [1.165, 1.54) is 19.3 Å². The summed E-state index contributed by atoms with van der Waals surface area (Å²) >= 11 is 0. The molecule has 1 atom stereocenters. The molecule has 1 unspecified atom stereocenters. The summed E-state index contributed by atoms with van der Waals surface area (Å²) in [5.74, 6) is 0.921. The van der Waals surface area contributed by atoms with Crippen LogP contribution < -0.4 is 51.4 Å². The fourth-order valence-electron chi connectivity index (χ4n) is 0.960. The molecule has 7 heavy (non-hydrogen) atoms. The van der Waals surface area contributed by atoms with Gasteiger partial charge in [-0.25, -0.2) is 0 Å². The van der Waals surface area contributed by atoms with Gasteiger partial charge in [0, 0.05) is 0 Å². The minimum absolute atomic E-state index is 0. The SMILES string of the molecule is CC1[CH-]CCC1.[K+]. The summed E-state index contributed by atoms with van der Waals surface area (Å²) in [4.78, 5) is 0. The van der Waals surface area contributed by atoms with E-state index >= 15 is 0 Å². The van der Waals surface area contributed by atoms with E-state index in [0.29, 0.717) is 0 Å². The zero-order valence-electron chi connectivity index (χ0n) is 5.28. The minimum Gasteiger partial charge on any atom is -0.326 e. The maximum atomic E-state index is 2.40. The van der Waals surface area contributed by atoms with Crippen molar-refractivity contribution in [3.8, 4) is 0 Å². The first-order valence-electron chi connectivity index (χ1n) is 2.73. The van der Waals surface area contributed by atoms with Crippen molar-refractivity contribution in [3.63, 3.8) is 0 Å². The summed E-state index contributed by atoms with van der Waals surface area (Å²) in [6.07, 6.45) is 6.63. The molecule has 1 aliphatic rings. The predicted octanol–water partition coefficient (Wildman–Crippen LogP) is -0.985. The normalized spacial score (nSPS) is 29.6. The standard InChI is InChI=1S/C6H11.K/c1-6-4-2-3-5-6;/h4,6H,2-3,5H2,1H3;/q-1;+1. The van der Waals surface area contributed by atoms with E-state index in [1.807, 2.05) is 0 Å². The maximum Gasteiger partial charge on any atom is 1.00 e. The van der Waals surface area contributed by atoms with Crippen LogP contribution in [0, 0.1) is 12.3 Å². The van der Waals surface area contributed by atoms with Crippen molar-refractivity contribution in [1.82, 2.24) is 0 Å². The summed E-state index contributed by atoms with van der Waals surface area (Å²) in [5.41, 5.74) is 0. The molecule has 0 bridgehead atoms. The Morgan fingerprint density at radius 3 is 2.43 bits per heavy atom. The van der Waals surface area contributed by atoms with Crippen LogP contribution in [0.15, 0.2) is 0 Å². The van der Waals surface area contributed by atoms with Gasteiger partial charge in [-0.15, -0.1) is 0 Å². The fourth-order valence-corrected chi connectivity index (χ4v) is 0.960. The average molecular weight is 122 g/mol. The Labute approximate surface area is 88.5 Å². The van der Waals surface area contributed by atoms with Gasteiger partial charge >= 0.3 is 51.4 Å². The summed E-state index contributed by atoms with van der Waals surface area (Å²) in [7, 11) is 0. The maximum absolute atomic E-state index is 2.40. The van der Waals surface area contributed by atoms with Crippen LogP contribution in [0.3, 0.4) is 0 Å². The predicted molar refractivity (Wildman–Crippen MR) is 27.3 cm³/mol. The van der Waals surface area contributed by atoms with Crippen molar-refractivity contribution in [2.45, 2.75) is 26.2 Å². The third kappa shape index (κ3) is 3.25. The largest absolute Gasteiger partial charge is 1.00 e. The van der Waals surface area contributed by atoms with Gasteiger partial charge in [-0.2, -0.15) is 12.3 Å². The van der Waals surface area contributed by atoms with Crippen LogP contribution in [0.25, 0.3) is 0 Å². The quantitative estimate of drug-likeness (QED) is 0.286. The second-order valence-corrected chi connectivity index (χ2v) is 2.14. The van der Waals surface area contributed by atoms with E-state index in [9.17, 15) is 0 Å². The van der Waals surface area contributed by atoms with Crippen molar-refractivity contribution in [2.24, 2.45) is 5.92 Å². The van der Waals surface area contributed by atoms with Gasteiger partial charge in [-0.1, -0.05) is 19.8 Å². The Bertz CT molecular complexity index is 37.4. The van der Waals surface area contributed by atoms with Crippen LogP contribution in [-0.2, 0) is 0 Å². The Kier molecular flexibility index (Phi) is 5.56. The fraction of sp³-hybridized carbons (Fsp3) is 0.833. The second kappa shape index (κ2) is 4.51. The van der Waals surface area contributed by atoms with Gasteiger partial charge < -0.3 is 6.42 Å². The molecule has 0 aromatic heterocycles. The molecule has 0 nitrogen and oxygen atoms in total. The molecular formula is C6H11K. The summed E-state index contributed by atoms with van der Waals surface area (Å²) in [5, 5.41) is 0. The van der Waals surface area contributed by atoms with Crippen molar-refractivity contribution in [3.05, 3.63) is 6.42 Å². The Morgan fingerprint density at radius 2 is 2.29 bits per heavy atom. The van der Waals surface area contributed by atoms with Crippen molar-refractivity contribution in [2.75, 3.05) is 0 Å². The van der Waals surface area contributed by atoms with Crippen LogP contribution in [-0.4, -0.2) is 0 Å². The molecule has 1 saturated carbocycles. The van der Waals surface area contributed by atoms with E-state index in [0.717, 1.165) is 5.92 Å². The number of rotatable bonds is 0. The average Bonchev–Trinajstić information content (AvgIpc) is 1.86. The van der Waals surface area contributed by atoms with Crippen molar-refractivity contribution >= 4 is 0 Å². The van der Waals surface area contributed by atoms with Crippen LogP contribution in [0.1, 0.15) is 26.2 Å². The first-order valence-corrected chi connectivity index (χ1v) is 2.73. The Balaban J connectivity index is 0.000000360. The monoisotopic (exact) mass is 122 g/mol.